The number of esters is 1. The lowest BCUT2D eigenvalue weighted by Crippen LogP contribution is -3.00. The number of aliphatic hydroxyl groups excluding tert-OH is 1. The molecule has 1 unspecified atom stereocenters. The molecule has 0 bridgehead atoms. The Bertz CT molecular complexity index is 412. The zero-order chi connectivity index (χ0) is 23.9. The average molecular weight is 492 g/mol. The summed E-state index contributed by atoms with van der Waals surface area (Å²) in [6.07, 6.45) is 25.6. The van der Waals surface area contributed by atoms with Crippen LogP contribution in [0.15, 0.2) is 0 Å². The molecular weight excluding hydrogens is 434 g/mol. The lowest BCUT2D eigenvalue weighted by molar-refractivity contribution is -0.871. The molecule has 0 rings (SSSR count). The van der Waals surface area contributed by atoms with Crippen LogP contribution < -0.4 is 12.4 Å². The van der Waals surface area contributed by atoms with E-state index >= 15 is 0 Å². The van der Waals surface area contributed by atoms with Crippen LogP contribution in [0, 0.1) is 0 Å². The maximum absolute atomic E-state index is 11.8. The minimum Gasteiger partial charge on any atom is -1.00 e. The summed E-state index contributed by atoms with van der Waals surface area (Å²) < 4.78 is 5.85. The summed E-state index contributed by atoms with van der Waals surface area (Å²) in [5.41, 5.74) is 0. The van der Waals surface area contributed by atoms with E-state index in [9.17, 15) is 9.90 Å². The van der Waals surface area contributed by atoms with Crippen molar-refractivity contribution in [2.45, 2.75) is 148 Å². The van der Waals surface area contributed by atoms with Gasteiger partial charge in [0, 0.05) is 6.42 Å². The Morgan fingerprint density at radius 3 is 1.33 bits per heavy atom. The van der Waals surface area contributed by atoms with Crippen LogP contribution in [0.25, 0.3) is 0 Å². The van der Waals surface area contributed by atoms with Crippen LogP contribution in [0.2, 0.25) is 0 Å². The Hall–Kier alpha value is -0.320. The summed E-state index contributed by atoms with van der Waals surface area (Å²) in [7, 11) is 6.19. The molecule has 0 heterocycles. The van der Waals surface area contributed by atoms with E-state index in [-0.39, 0.29) is 18.4 Å². The molecule has 0 amide bonds. The van der Waals surface area contributed by atoms with Gasteiger partial charge < -0.3 is 26.7 Å². The zero-order valence-electron chi connectivity index (χ0n) is 22.7. The number of halogens is 1. The van der Waals surface area contributed by atoms with Crippen molar-refractivity contribution in [1.29, 1.82) is 0 Å². The van der Waals surface area contributed by atoms with Gasteiger partial charge in [0.1, 0.15) is 0 Å². The Labute approximate surface area is 213 Å². The SMILES string of the molecule is CCCCCCCCCCCCCCCCCCCCCC(=O)OC(O)CC[N+](C)(C)C.[Cl-]. The number of unbranched alkanes of at least 4 members (excludes halogenated alkanes) is 18. The number of hydrogen-bond acceptors (Lipinski definition) is 3. The second kappa shape index (κ2) is 24.8. The fourth-order valence-electron chi connectivity index (χ4n) is 4.12. The lowest BCUT2D eigenvalue weighted by atomic mass is 10.0. The number of aliphatic hydroxyl groups is 1. The molecule has 0 aliphatic rings. The van der Waals surface area contributed by atoms with Crippen molar-refractivity contribution >= 4 is 5.97 Å². The fourth-order valence-corrected chi connectivity index (χ4v) is 4.12. The van der Waals surface area contributed by atoms with E-state index in [1.165, 1.54) is 109 Å². The molecular formula is C28H58ClNO3. The fraction of sp³-hybridized carbons (Fsp3) is 0.964. The van der Waals surface area contributed by atoms with Gasteiger partial charge in [-0.25, -0.2) is 0 Å². The van der Waals surface area contributed by atoms with E-state index < -0.39 is 6.29 Å². The van der Waals surface area contributed by atoms with Gasteiger partial charge in [-0.3, -0.25) is 4.79 Å². The van der Waals surface area contributed by atoms with Crippen molar-refractivity contribution < 1.29 is 31.5 Å². The monoisotopic (exact) mass is 491 g/mol. The Balaban J connectivity index is 0. The van der Waals surface area contributed by atoms with Gasteiger partial charge in [-0.1, -0.05) is 122 Å². The summed E-state index contributed by atoms with van der Waals surface area (Å²) in [4.78, 5) is 11.8. The third kappa shape index (κ3) is 29.6. The summed E-state index contributed by atoms with van der Waals surface area (Å²) in [5, 5.41) is 9.79. The van der Waals surface area contributed by atoms with Crippen molar-refractivity contribution in [3.63, 3.8) is 0 Å². The van der Waals surface area contributed by atoms with Crippen molar-refractivity contribution in [2.24, 2.45) is 0 Å². The first-order valence-electron chi connectivity index (χ1n) is 14.0. The number of hydrogen-bond donors (Lipinski definition) is 1. The van der Waals surface area contributed by atoms with Gasteiger partial charge in [-0.05, 0) is 6.42 Å². The van der Waals surface area contributed by atoms with E-state index in [1.54, 1.807) is 0 Å². The van der Waals surface area contributed by atoms with Crippen LogP contribution in [0.5, 0.6) is 0 Å². The van der Waals surface area contributed by atoms with Crippen LogP contribution >= 0.6 is 0 Å². The predicted molar refractivity (Wildman–Crippen MR) is 138 cm³/mol. The molecule has 0 radical (unpaired) electrons. The zero-order valence-corrected chi connectivity index (χ0v) is 23.5. The van der Waals surface area contributed by atoms with Crippen molar-refractivity contribution in [3.05, 3.63) is 0 Å². The number of quaternary nitrogens is 1. The minimum absolute atomic E-state index is 0. The number of ether oxygens (including phenoxy) is 1. The molecule has 0 aromatic carbocycles. The lowest BCUT2D eigenvalue weighted by Gasteiger charge is -2.25. The Morgan fingerprint density at radius 1 is 0.667 bits per heavy atom. The molecule has 1 atom stereocenters. The molecule has 0 aromatic rings. The Morgan fingerprint density at radius 2 is 1.00 bits per heavy atom. The summed E-state index contributed by atoms with van der Waals surface area (Å²) in [5.74, 6) is -0.258. The first-order chi connectivity index (χ1) is 15.3. The van der Waals surface area contributed by atoms with E-state index in [0.29, 0.717) is 12.8 Å². The van der Waals surface area contributed by atoms with E-state index in [4.69, 9.17) is 4.74 Å². The molecule has 0 aliphatic carbocycles. The number of carbonyl (C=O) groups excluding carboxylic acids is 1. The minimum atomic E-state index is -0.958. The molecule has 200 valence electrons. The van der Waals surface area contributed by atoms with Gasteiger partial charge in [0.25, 0.3) is 0 Å². The predicted octanol–water partition coefficient (Wildman–Crippen LogP) is 4.77. The van der Waals surface area contributed by atoms with Crippen molar-refractivity contribution in [1.82, 2.24) is 0 Å². The van der Waals surface area contributed by atoms with Crippen LogP contribution in [0.3, 0.4) is 0 Å². The standard InChI is InChI=1S/C28H58NO3.ClH/c1-5-6-7-8-9-10-11-12-13-14-15-16-17-18-19-20-21-22-23-24-27(30)32-28(31)25-26-29(2,3)4;/h28,31H,5-26H2,1-4H3;1H/q+1;/p-1. The van der Waals surface area contributed by atoms with E-state index in [0.717, 1.165) is 23.9 Å². The average Bonchev–Trinajstić information content (AvgIpc) is 2.73. The molecule has 5 heteroatoms. The van der Waals surface area contributed by atoms with Crippen LogP contribution in [0.1, 0.15) is 142 Å². The molecule has 0 aromatic heterocycles. The van der Waals surface area contributed by atoms with Crippen LogP contribution in [-0.4, -0.2) is 49.5 Å². The summed E-state index contributed by atoms with van der Waals surface area (Å²) >= 11 is 0. The number of carbonyl (C=O) groups is 1. The second-order valence-electron chi connectivity index (χ2n) is 10.9. The highest BCUT2D eigenvalue weighted by molar-refractivity contribution is 5.69. The second-order valence-corrected chi connectivity index (χ2v) is 10.9. The summed E-state index contributed by atoms with van der Waals surface area (Å²) in [6, 6.07) is 0. The van der Waals surface area contributed by atoms with Gasteiger partial charge >= 0.3 is 5.97 Å². The maximum atomic E-state index is 11.8. The quantitative estimate of drug-likeness (QED) is 0.0915. The van der Waals surface area contributed by atoms with Gasteiger partial charge in [0.2, 0.25) is 6.29 Å². The highest BCUT2D eigenvalue weighted by Gasteiger charge is 2.15. The maximum Gasteiger partial charge on any atom is 0.308 e. The molecule has 4 nitrogen and oxygen atoms in total. The highest BCUT2D eigenvalue weighted by atomic mass is 35.5. The highest BCUT2D eigenvalue weighted by Crippen LogP contribution is 2.15. The van der Waals surface area contributed by atoms with Gasteiger partial charge in [0.05, 0.1) is 34.1 Å². The molecule has 33 heavy (non-hydrogen) atoms. The summed E-state index contributed by atoms with van der Waals surface area (Å²) in [6.45, 7) is 3.07. The smallest absolute Gasteiger partial charge is 0.308 e. The topological polar surface area (TPSA) is 46.5 Å². The number of nitrogens with zero attached hydrogens (tertiary/aromatic N) is 1. The third-order valence-corrected chi connectivity index (χ3v) is 6.30. The van der Waals surface area contributed by atoms with Gasteiger partial charge in [-0.2, -0.15) is 0 Å². The van der Waals surface area contributed by atoms with Crippen LogP contribution in [0.4, 0.5) is 0 Å². The van der Waals surface area contributed by atoms with Gasteiger partial charge in [-0.15, -0.1) is 0 Å². The van der Waals surface area contributed by atoms with E-state index in [2.05, 4.69) is 28.1 Å². The molecule has 0 spiro atoms. The number of rotatable bonds is 24. The molecule has 1 N–H and O–H groups in total. The van der Waals surface area contributed by atoms with Crippen molar-refractivity contribution in [3.8, 4) is 0 Å². The molecule has 0 aliphatic heterocycles. The largest absolute Gasteiger partial charge is 1.00 e. The first-order valence-corrected chi connectivity index (χ1v) is 14.0. The van der Waals surface area contributed by atoms with Gasteiger partial charge in [0.15, 0.2) is 0 Å². The third-order valence-electron chi connectivity index (χ3n) is 6.30. The first kappa shape index (κ1) is 34.8. The Kier molecular flexibility index (Phi) is 26.2. The molecule has 0 fully saturated rings. The van der Waals surface area contributed by atoms with Crippen LogP contribution in [-0.2, 0) is 9.53 Å². The van der Waals surface area contributed by atoms with E-state index in [1.807, 2.05) is 0 Å². The molecule has 0 saturated heterocycles. The molecule has 0 saturated carbocycles. The normalized spacial score (nSPS) is 12.4. The van der Waals surface area contributed by atoms with Crippen molar-refractivity contribution in [2.75, 3.05) is 27.7 Å².